The van der Waals surface area contributed by atoms with E-state index in [1.807, 2.05) is 30.3 Å². The van der Waals surface area contributed by atoms with E-state index >= 15 is 0 Å². The van der Waals surface area contributed by atoms with Crippen LogP contribution in [0, 0.1) is 5.82 Å². The summed E-state index contributed by atoms with van der Waals surface area (Å²) in [5.41, 5.74) is 9.29. The molecule has 0 saturated heterocycles. The second kappa shape index (κ2) is 7.56. The van der Waals surface area contributed by atoms with Gasteiger partial charge in [-0.05, 0) is 71.8 Å². The van der Waals surface area contributed by atoms with E-state index in [0.717, 1.165) is 17.1 Å². The van der Waals surface area contributed by atoms with Crippen molar-refractivity contribution in [3.05, 3.63) is 132 Å². The predicted molar refractivity (Wildman–Crippen MR) is 148 cm³/mol. The van der Waals surface area contributed by atoms with Crippen molar-refractivity contribution < 1.29 is 4.39 Å². The number of aromatic nitrogens is 1. The van der Waals surface area contributed by atoms with Gasteiger partial charge in [-0.3, -0.25) is 0 Å². The number of halogens is 1. The fourth-order valence-electron chi connectivity index (χ4n) is 5.91. The molecule has 0 unspecified atom stereocenters. The Kier molecular flexibility index (Phi) is 4.40. The van der Waals surface area contributed by atoms with Crippen molar-refractivity contribution in [3.63, 3.8) is 0 Å². The topological polar surface area (TPSA) is 8.17 Å². The third-order valence-corrected chi connectivity index (χ3v) is 7.62. The Morgan fingerprint density at radius 3 is 2.08 bits per heavy atom. The van der Waals surface area contributed by atoms with Crippen molar-refractivity contribution in [2.24, 2.45) is 0 Å². The summed E-state index contributed by atoms with van der Waals surface area (Å²) >= 11 is 0. The van der Waals surface area contributed by atoms with Crippen LogP contribution in [0.3, 0.4) is 0 Å². The lowest BCUT2D eigenvalue weighted by Gasteiger charge is -2.34. The first kappa shape index (κ1) is 21.0. The summed E-state index contributed by atoms with van der Waals surface area (Å²) in [7, 11) is 0. The molecule has 3 heteroatoms. The fourth-order valence-corrected chi connectivity index (χ4v) is 5.91. The number of rotatable bonds is 3. The molecule has 0 bridgehead atoms. The van der Waals surface area contributed by atoms with Crippen LogP contribution in [0.25, 0.3) is 27.5 Å². The third-order valence-electron chi connectivity index (χ3n) is 7.62. The van der Waals surface area contributed by atoms with Crippen molar-refractivity contribution in [3.8, 4) is 5.69 Å². The van der Waals surface area contributed by atoms with Crippen LogP contribution < -0.4 is 4.90 Å². The molecule has 1 aromatic heterocycles. The molecular formula is C33H25FN2. The highest BCUT2D eigenvalue weighted by Gasteiger charge is 2.34. The van der Waals surface area contributed by atoms with Crippen molar-refractivity contribution in [1.29, 1.82) is 0 Å². The normalized spacial score (nSPS) is 13.6. The van der Waals surface area contributed by atoms with E-state index in [1.54, 1.807) is 0 Å². The maximum atomic E-state index is 13.8. The van der Waals surface area contributed by atoms with Gasteiger partial charge in [-0.2, -0.15) is 0 Å². The van der Waals surface area contributed by atoms with Gasteiger partial charge in [0.1, 0.15) is 5.82 Å². The van der Waals surface area contributed by atoms with Gasteiger partial charge in [0.2, 0.25) is 0 Å². The predicted octanol–water partition coefficient (Wildman–Crippen LogP) is 9.03. The first-order valence-electron chi connectivity index (χ1n) is 12.3. The van der Waals surface area contributed by atoms with E-state index in [1.165, 1.54) is 50.8 Å². The van der Waals surface area contributed by atoms with Gasteiger partial charge in [-0.15, -0.1) is 0 Å². The van der Waals surface area contributed by atoms with Crippen LogP contribution in [-0.4, -0.2) is 4.57 Å². The summed E-state index contributed by atoms with van der Waals surface area (Å²) in [6.45, 7) is 4.64. The smallest absolute Gasteiger partial charge is 0.123 e. The fraction of sp³-hybridized carbons (Fsp3) is 0.0909. The van der Waals surface area contributed by atoms with Gasteiger partial charge in [0, 0.05) is 33.2 Å². The molecule has 5 aromatic carbocycles. The van der Waals surface area contributed by atoms with Crippen LogP contribution in [0.1, 0.15) is 25.0 Å². The minimum Gasteiger partial charge on any atom is -0.310 e. The highest BCUT2D eigenvalue weighted by atomic mass is 19.1. The second-order valence-corrected chi connectivity index (χ2v) is 10.0. The van der Waals surface area contributed by atoms with E-state index in [0.29, 0.717) is 0 Å². The standard InChI is InChI=1S/C33H25FN2/c1-33(2)28-12-6-7-14-31(28)36-30-20-19-25(21-27(30)26-11-8-13-29(33)32(26)36)35(23-9-4-3-5-10-23)24-17-15-22(34)16-18-24/h3-21H,1-2H3. The molecule has 0 amide bonds. The average molecular weight is 469 g/mol. The Hall–Kier alpha value is -4.37. The van der Waals surface area contributed by atoms with Gasteiger partial charge < -0.3 is 9.47 Å². The van der Waals surface area contributed by atoms with Crippen molar-refractivity contribution in [1.82, 2.24) is 4.57 Å². The minimum atomic E-state index is -0.238. The summed E-state index contributed by atoms with van der Waals surface area (Å²) in [4.78, 5) is 2.18. The molecule has 174 valence electrons. The van der Waals surface area contributed by atoms with Crippen LogP contribution in [0.4, 0.5) is 21.5 Å². The molecule has 0 radical (unpaired) electrons. The van der Waals surface area contributed by atoms with Crippen LogP contribution in [-0.2, 0) is 5.41 Å². The van der Waals surface area contributed by atoms with E-state index in [4.69, 9.17) is 0 Å². The largest absolute Gasteiger partial charge is 0.310 e. The molecule has 1 aliphatic rings. The van der Waals surface area contributed by atoms with E-state index in [2.05, 4.69) is 96.1 Å². The quantitative estimate of drug-likeness (QED) is 0.251. The highest BCUT2D eigenvalue weighted by molar-refractivity contribution is 6.12. The van der Waals surface area contributed by atoms with Crippen molar-refractivity contribution in [2.75, 3.05) is 4.90 Å². The number of fused-ring (bicyclic) bond motifs is 5. The molecule has 0 saturated carbocycles. The number of hydrogen-bond acceptors (Lipinski definition) is 1. The third kappa shape index (κ3) is 2.89. The maximum Gasteiger partial charge on any atom is 0.123 e. The lowest BCUT2D eigenvalue weighted by Crippen LogP contribution is -2.26. The molecule has 0 N–H and O–H groups in total. The lowest BCUT2D eigenvalue weighted by atomic mass is 9.75. The monoisotopic (exact) mass is 468 g/mol. The molecule has 6 aromatic rings. The van der Waals surface area contributed by atoms with Gasteiger partial charge in [-0.25, -0.2) is 4.39 Å². The van der Waals surface area contributed by atoms with Gasteiger partial charge in [0.25, 0.3) is 0 Å². The summed E-state index contributed by atoms with van der Waals surface area (Å²) < 4.78 is 16.2. The number of anilines is 3. The van der Waals surface area contributed by atoms with Crippen LogP contribution in [0.5, 0.6) is 0 Å². The number of benzene rings is 5. The first-order chi connectivity index (χ1) is 17.5. The SMILES string of the molecule is CC1(C)c2ccccc2-n2c3ccc(N(c4ccccc4)c4ccc(F)cc4)cc3c3cccc1c32. The first-order valence-corrected chi connectivity index (χ1v) is 12.3. The van der Waals surface area contributed by atoms with Crippen LogP contribution >= 0.6 is 0 Å². The van der Waals surface area contributed by atoms with Gasteiger partial charge in [0.05, 0.1) is 16.7 Å². The lowest BCUT2D eigenvalue weighted by molar-refractivity contribution is 0.628. The number of nitrogens with zero attached hydrogens (tertiary/aromatic N) is 2. The molecule has 1 aliphatic heterocycles. The number of para-hydroxylation sites is 3. The summed E-state index contributed by atoms with van der Waals surface area (Å²) in [6.07, 6.45) is 0. The van der Waals surface area contributed by atoms with Gasteiger partial charge in [-0.1, -0.05) is 68.4 Å². The van der Waals surface area contributed by atoms with Crippen LogP contribution in [0.2, 0.25) is 0 Å². The zero-order valence-electron chi connectivity index (χ0n) is 20.2. The zero-order chi connectivity index (χ0) is 24.4. The van der Waals surface area contributed by atoms with Gasteiger partial charge in [0.15, 0.2) is 0 Å². The average Bonchev–Trinajstić information content (AvgIpc) is 3.24. The molecule has 0 aliphatic carbocycles. The Balaban J connectivity index is 1.53. The molecule has 0 atom stereocenters. The Labute approximate surface area is 209 Å². The second-order valence-electron chi connectivity index (χ2n) is 10.0. The molecule has 2 heterocycles. The Morgan fingerprint density at radius 2 is 1.28 bits per heavy atom. The van der Waals surface area contributed by atoms with Crippen LogP contribution in [0.15, 0.2) is 115 Å². The Morgan fingerprint density at radius 1 is 0.611 bits per heavy atom. The Bertz CT molecular complexity index is 1760. The summed E-state index contributed by atoms with van der Waals surface area (Å²) in [5, 5.41) is 2.46. The summed E-state index contributed by atoms with van der Waals surface area (Å²) in [5.74, 6) is -0.238. The zero-order valence-corrected chi connectivity index (χ0v) is 20.2. The number of hydrogen-bond donors (Lipinski definition) is 0. The molecular weight excluding hydrogens is 443 g/mol. The summed E-state index contributed by atoms with van der Waals surface area (Å²) in [6, 6.07) is 39.0. The molecule has 0 fully saturated rings. The van der Waals surface area contributed by atoms with E-state index in [9.17, 15) is 4.39 Å². The van der Waals surface area contributed by atoms with E-state index in [-0.39, 0.29) is 11.2 Å². The molecule has 2 nitrogen and oxygen atoms in total. The van der Waals surface area contributed by atoms with E-state index < -0.39 is 0 Å². The molecule has 7 rings (SSSR count). The maximum absolute atomic E-state index is 13.8. The molecule has 0 spiro atoms. The molecule has 36 heavy (non-hydrogen) atoms. The highest BCUT2D eigenvalue weighted by Crippen LogP contribution is 2.48. The van der Waals surface area contributed by atoms with Crippen molar-refractivity contribution in [2.45, 2.75) is 19.3 Å². The van der Waals surface area contributed by atoms with Gasteiger partial charge >= 0.3 is 0 Å². The van der Waals surface area contributed by atoms with Crippen molar-refractivity contribution >= 4 is 38.9 Å². The minimum absolute atomic E-state index is 0.0898.